The number of ether oxygens (including phenoxy) is 2. The van der Waals surface area contributed by atoms with Gasteiger partial charge in [-0.3, -0.25) is 18.6 Å². The van der Waals surface area contributed by atoms with Gasteiger partial charge in [-0.05, 0) is 12.8 Å². The summed E-state index contributed by atoms with van der Waals surface area (Å²) in [4.78, 5) is 35.5. The van der Waals surface area contributed by atoms with Gasteiger partial charge in [0.05, 0.1) is 13.2 Å². The zero-order valence-electron chi connectivity index (χ0n) is 63.1. The molecule has 0 aliphatic heterocycles. The Kier molecular flexibility index (Phi) is 79.1. The van der Waals surface area contributed by atoms with Crippen LogP contribution in [0.25, 0.3) is 0 Å². The predicted molar refractivity (Wildman–Crippen MR) is 405 cm³/mol. The van der Waals surface area contributed by atoms with Crippen molar-refractivity contribution in [1.82, 2.24) is 0 Å². The molecule has 0 saturated carbocycles. The fourth-order valence-corrected chi connectivity index (χ4v) is 14.5. The number of phosphoric acid groups is 1. The van der Waals surface area contributed by atoms with E-state index in [2.05, 4.69) is 13.8 Å². The second-order valence-corrected chi connectivity index (χ2v) is 30.9. The van der Waals surface area contributed by atoms with E-state index in [0.717, 1.165) is 32.1 Å². The first-order valence-electron chi connectivity index (χ1n) is 42.5. The summed E-state index contributed by atoms with van der Waals surface area (Å²) in [6.45, 7) is 3.86. The van der Waals surface area contributed by atoms with Crippen LogP contribution in [0.1, 0.15) is 489 Å². The third kappa shape index (κ3) is 79.9. The van der Waals surface area contributed by atoms with Gasteiger partial charge < -0.3 is 20.1 Å². The van der Waals surface area contributed by atoms with Crippen LogP contribution >= 0.6 is 7.82 Å². The van der Waals surface area contributed by atoms with Crippen molar-refractivity contribution in [3.63, 3.8) is 0 Å². The molecule has 0 bridgehead atoms. The second-order valence-electron chi connectivity index (χ2n) is 29.4. The summed E-state index contributed by atoms with van der Waals surface area (Å²) in [6, 6.07) is 0. The average Bonchev–Trinajstić information content (AvgIpc) is 3.29. The van der Waals surface area contributed by atoms with Crippen LogP contribution in [0, 0.1) is 0 Å². The number of hydrogen-bond donors (Lipinski definition) is 2. The van der Waals surface area contributed by atoms with Crippen LogP contribution in [0.4, 0.5) is 0 Å². The second kappa shape index (κ2) is 80.0. The van der Waals surface area contributed by atoms with Gasteiger partial charge in [0.1, 0.15) is 6.61 Å². The standard InChI is InChI=1S/C83H166NO8P/c1-3-5-7-9-11-13-15-17-19-21-23-25-27-29-31-33-35-37-39-41-43-45-47-49-51-53-55-57-59-61-63-65-67-69-71-73-75-82(85)89-79-81(80-91-93(87,88)90-78-77-84)92-83(86)76-74-72-70-68-66-64-62-60-58-56-54-52-50-48-46-44-42-40-38-36-34-32-30-28-26-24-22-20-18-16-14-12-10-8-6-4-2/h81H,3-80,84H2,1-2H3,(H,87,88). The van der Waals surface area contributed by atoms with E-state index >= 15 is 0 Å². The quantitative estimate of drug-likeness (QED) is 0.0347. The molecular weight excluding hydrogens is 1170 g/mol. The van der Waals surface area contributed by atoms with Gasteiger partial charge >= 0.3 is 19.8 Å². The summed E-state index contributed by atoms with van der Waals surface area (Å²) < 4.78 is 33.3. The van der Waals surface area contributed by atoms with Crippen molar-refractivity contribution in [2.75, 3.05) is 26.4 Å². The summed E-state index contributed by atoms with van der Waals surface area (Å²) in [5.41, 5.74) is 5.42. The van der Waals surface area contributed by atoms with E-state index in [-0.39, 0.29) is 32.1 Å². The van der Waals surface area contributed by atoms with E-state index in [0.29, 0.717) is 12.8 Å². The third-order valence-corrected chi connectivity index (χ3v) is 21.0. The van der Waals surface area contributed by atoms with Gasteiger partial charge in [-0.15, -0.1) is 0 Å². The molecule has 0 radical (unpaired) electrons. The largest absolute Gasteiger partial charge is 0.472 e. The maximum Gasteiger partial charge on any atom is 0.472 e. The van der Waals surface area contributed by atoms with Gasteiger partial charge in [0.25, 0.3) is 0 Å². The zero-order valence-corrected chi connectivity index (χ0v) is 64.0. The summed E-state index contributed by atoms with van der Waals surface area (Å²) in [5.74, 6) is -0.793. The number of carbonyl (C=O) groups is 2. The summed E-state index contributed by atoms with van der Waals surface area (Å²) in [5, 5.41) is 0. The molecule has 0 fully saturated rings. The van der Waals surface area contributed by atoms with Crippen molar-refractivity contribution in [2.45, 2.75) is 495 Å². The molecule has 0 amide bonds. The van der Waals surface area contributed by atoms with Gasteiger partial charge in [0, 0.05) is 19.4 Å². The molecule has 0 heterocycles. The highest BCUT2D eigenvalue weighted by Gasteiger charge is 2.26. The van der Waals surface area contributed by atoms with Crippen molar-refractivity contribution in [3.8, 4) is 0 Å². The average molecular weight is 1340 g/mol. The molecule has 0 aromatic heterocycles. The van der Waals surface area contributed by atoms with E-state index in [1.165, 1.54) is 424 Å². The van der Waals surface area contributed by atoms with Crippen LogP contribution in [-0.2, 0) is 32.7 Å². The van der Waals surface area contributed by atoms with E-state index < -0.39 is 26.5 Å². The molecule has 0 aliphatic carbocycles. The van der Waals surface area contributed by atoms with Gasteiger partial charge in [-0.2, -0.15) is 0 Å². The highest BCUT2D eigenvalue weighted by molar-refractivity contribution is 7.47. The lowest BCUT2D eigenvalue weighted by Crippen LogP contribution is -2.29. The SMILES string of the molecule is CCCCCCCCCCCCCCCCCCCCCCCCCCCCCCCCCCCCCCC(=O)OCC(COP(=O)(O)OCCN)OC(=O)CCCCCCCCCCCCCCCCCCCCCCCCCCCCCCCCCCCCCC. The van der Waals surface area contributed by atoms with Gasteiger partial charge in [-0.1, -0.05) is 463 Å². The molecule has 93 heavy (non-hydrogen) atoms. The normalized spacial score (nSPS) is 12.7. The minimum atomic E-state index is -4.39. The number of nitrogens with two attached hydrogens (primary N) is 1. The fraction of sp³-hybridized carbons (Fsp3) is 0.976. The maximum atomic E-state index is 12.8. The fourth-order valence-electron chi connectivity index (χ4n) is 13.7. The first-order valence-corrected chi connectivity index (χ1v) is 44.0. The van der Waals surface area contributed by atoms with Crippen molar-refractivity contribution in [3.05, 3.63) is 0 Å². The number of carbonyl (C=O) groups excluding carboxylic acids is 2. The molecule has 9 nitrogen and oxygen atoms in total. The van der Waals surface area contributed by atoms with E-state index in [4.69, 9.17) is 24.3 Å². The Morgan fingerprint density at radius 1 is 0.280 bits per heavy atom. The van der Waals surface area contributed by atoms with Crippen LogP contribution in [0.15, 0.2) is 0 Å². The highest BCUT2D eigenvalue weighted by atomic mass is 31.2. The Labute approximate surface area is 581 Å². The molecule has 0 aliphatic rings. The topological polar surface area (TPSA) is 134 Å². The minimum Gasteiger partial charge on any atom is -0.462 e. The molecule has 0 aromatic carbocycles. The smallest absolute Gasteiger partial charge is 0.462 e. The molecule has 0 spiro atoms. The third-order valence-electron chi connectivity index (χ3n) is 20.0. The Balaban J connectivity index is 3.69. The number of unbranched alkanes of at least 4 members (excludes halogenated alkanes) is 70. The molecule has 3 N–H and O–H groups in total. The molecule has 0 saturated heterocycles. The van der Waals surface area contributed by atoms with E-state index in [1.54, 1.807) is 0 Å². The molecule has 10 heteroatoms. The number of rotatable bonds is 83. The van der Waals surface area contributed by atoms with Crippen LogP contribution in [-0.4, -0.2) is 49.3 Å². The first kappa shape index (κ1) is 92.0. The molecule has 556 valence electrons. The van der Waals surface area contributed by atoms with Crippen LogP contribution in [0.2, 0.25) is 0 Å². The Morgan fingerprint density at radius 2 is 0.462 bits per heavy atom. The van der Waals surface area contributed by atoms with E-state index in [1.807, 2.05) is 0 Å². The highest BCUT2D eigenvalue weighted by Crippen LogP contribution is 2.43. The molecule has 2 atom stereocenters. The monoisotopic (exact) mass is 1340 g/mol. The molecule has 2 unspecified atom stereocenters. The Bertz CT molecular complexity index is 1480. The summed E-state index contributed by atoms with van der Waals surface area (Å²) in [6.07, 6.45) is 98.6. The van der Waals surface area contributed by atoms with Crippen LogP contribution < -0.4 is 5.73 Å². The van der Waals surface area contributed by atoms with Gasteiger partial charge in [-0.25, -0.2) is 4.57 Å². The van der Waals surface area contributed by atoms with Crippen molar-refractivity contribution >= 4 is 19.8 Å². The number of phosphoric ester groups is 1. The lowest BCUT2D eigenvalue weighted by Gasteiger charge is -2.19. The Hall–Kier alpha value is -0.990. The van der Waals surface area contributed by atoms with Gasteiger partial charge in [0.15, 0.2) is 6.10 Å². The maximum absolute atomic E-state index is 12.8. The van der Waals surface area contributed by atoms with Crippen LogP contribution in [0.5, 0.6) is 0 Å². The van der Waals surface area contributed by atoms with Crippen molar-refractivity contribution < 1.29 is 37.6 Å². The molecule has 0 rings (SSSR count). The lowest BCUT2D eigenvalue weighted by molar-refractivity contribution is -0.161. The molecular formula is C83H166NO8P. The zero-order chi connectivity index (χ0) is 67.2. The number of esters is 2. The van der Waals surface area contributed by atoms with E-state index in [9.17, 15) is 19.0 Å². The van der Waals surface area contributed by atoms with Gasteiger partial charge in [0.2, 0.25) is 0 Å². The van der Waals surface area contributed by atoms with Crippen molar-refractivity contribution in [1.29, 1.82) is 0 Å². The van der Waals surface area contributed by atoms with Crippen LogP contribution in [0.3, 0.4) is 0 Å². The minimum absolute atomic E-state index is 0.0590. The lowest BCUT2D eigenvalue weighted by atomic mass is 10.0. The first-order chi connectivity index (χ1) is 45.8. The summed E-state index contributed by atoms with van der Waals surface area (Å²) in [7, 11) is -4.39. The predicted octanol–water partition coefficient (Wildman–Crippen LogP) is 28.4. The summed E-state index contributed by atoms with van der Waals surface area (Å²) >= 11 is 0. The number of hydrogen-bond acceptors (Lipinski definition) is 8. The van der Waals surface area contributed by atoms with Crippen molar-refractivity contribution in [2.24, 2.45) is 5.73 Å². The Morgan fingerprint density at radius 3 is 0.656 bits per heavy atom. The molecule has 0 aromatic rings.